The van der Waals surface area contributed by atoms with Gasteiger partial charge in [-0.25, -0.2) is 9.82 Å². The van der Waals surface area contributed by atoms with Gasteiger partial charge in [-0.2, -0.15) is 0 Å². The quantitative estimate of drug-likeness (QED) is 0.672. The Morgan fingerprint density at radius 1 is 1.30 bits per heavy atom. The van der Waals surface area contributed by atoms with Gasteiger partial charge in [-0.3, -0.25) is 5.84 Å². The molecule has 0 amide bonds. The summed E-state index contributed by atoms with van der Waals surface area (Å²) in [7, 11) is 0. The van der Waals surface area contributed by atoms with Crippen LogP contribution < -0.4 is 11.3 Å². The molecule has 108 valence electrons. The molecule has 6 heteroatoms. The monoisotopic (exact) mass is 294 g/mol. The van der Waals surface area contributed by atoms with Gasteiger partial charge < -0.3 is 0 Å². The summed E-state index contributed by atoms with van der Waals surface area (Å²) >= 11 is 1.26. The number of hydrazine groups is 1. The van der Waals surface area contributed by atoms with E-state index in [0.29, 0.717) is 5.56 Å². The van der Waals surface area contributed by atoms with E-state index in [1.54, 1.807) is 0 Å². The summed E-state index contributed by atoms with van der Waals surface area (Å²) in [6.45, 7) is 7.83. The van der Waals surface area contributed by atoms with Crippen LogP contribution in [0.4, 0.5) is 4.39 Å². The third kappa shape index (κ3) is 2.72. The summed E-state index contributed by atoms with van der Waals surface area (Å²) in [6, 6.07) is 3.05. The first-order valence-corrected chi connectivity index (χ1v) is 7.28. The summed E-state index contributed by atoms with van der Waals surface area (Å²) in [5, 5.41) is 4.14. The van der Waals surface area contributed by atoms with Gasteiger partial charge in [0, 0.05) is 5.56 Å². The molecule has 1 aromatic heterocycles. The minimum atomic E-state index is -0.423. The van der Waals surface area contributed by atoms with Crippen molar-refractivity contribution in [1.29, 1.82) is 0 Å². The fourth-order valence-electron chi connectivity index (χ4n) is 2.39. The number of aryl methyl sites for hydroxylation is 2. The summed E-state index contributed by atoms with van der Waals surface area (Å²) in [5.41, 5.74) is 5.89. The van der Waals surface area contributed by atoms with Crippen molar-refractivity contribution < 1.29 is 4.39 Å². The summed E-state index contributed by atoms with van der Waals surface area (Å²) < 4.78 is 18.3. The average molecular weight is 294 g/mol. The molecule has 0 radical (unpaired) electrons. The van der Waals surface area contributed by atoms with Gasteiger partial charge in [0.1, 0.15) is 5.82 Å². The molecule has 0 aliphatic heterocycles. The van der Waals surface area contributed by atoms with E-state index in [1.807, 2.05) is 33.8 Å². The van der Waals surface area contributed by atoms with Gasteiger partial charge in [0.2, 0.25) is 0 Å². The van der Waals surface area contributed by atoms with E-state index in [1.165, 1.54) is 17.6 Å². The van der Waals surface area contributed by atoms with Crippen LogP contribution in [0.1, 0.15) is 53.1 Å². The maximum Gasteiger partial charge on any atom is 0.128 e. The Labute approximate surface area is 122 Å². The molecule has 0 saturated heterocycles. The number of halogens is 1. The second-order valence-corrected chi connectivity index (χ2v) is 6.04. The predicted octanol–water partition coefficient (Wildman–Crippen LogP) is 2.97. The Morgan fingerprint density at radius 2 is 2.00 bits per heavy atom. The van der Waals surface area contributed by atoms with Crippen molar-refractivity contribution in [3.05, 3.63) is 45.2 Å². The van der Waals surface area contributed by atoms with E-state index >= 15 is 0 Å². The van der Waals surface area contributed by atoms with E-state index in [2.05, 4.69) is 15.0 Å². The van der Waals surface area contributed by atoms with Crippen molar-refractivity contribution in [3.8, 4) is 0 Å². The maximum atomic E-state index is 14.3. The third-order valence-electron chi connectivity index (χ3n) is 3.29. The number of benzene rings is 1. The zero-order chi connectivity index (χ0) is 14.9. The van der Waals surface area contributed by atoms with E-state index in [9.17, 15) is 4.39 Å². The fourth-order valence-corrected chi connectivity index (χ4v) is 3.27. The first kappa shape index (κ1) is 15.0. The maximum absolute atomic E-state index is 14.3. The summed E-state index contributed by atoms with van der Waals surface area (Å²) in [5.74, 6) is 5.64. The van der Waals surface area contributed by atoms with Gasteiger partial charge >= 0.3 is 0 Å². The molecule has 2 aromatic rings. The number of nitrogens with zero attached hydrogens (tertiary/aromatic N) is 2. The SMILES string of the molecule is Cc1cc(C)c(C(NN)c2snnc2C(C)C)c(F)c1. The highest BCUT2D eigenvalue weighted by molar-refractivity contribution is 7.05. The first-order valence-electron chi connectivity index (χ1n) is 6.50. The highest BCUT2D eigenvalue weighted by Crippen LogP contribution is 2.33. The number of nitrogens with one attached hydrogen (secondary N) is 1. The molecule has 1 atom stereocenters. The number of aromatic nitrogens is 2. The van der Waals surface area contributed by atoms with E-state index in [0.717, 1.165) is 21.7 Å². The van der Waals surface area contributed by atoms with Crippen LogP contribution >= 0.6 is 11.5 Å². The molecule has 1 aromatic carbocycles. The van der Waals surface area contributed by atoms with E-state index < -0.39 is 6.04 Å². The Hall–Kier alpha value is -1.37. The van der Waals surface area contributed by atoms with E-state index in [-0.39, 0.29) is 11.7 Å². The highest BCUT2D eigenvalue weighted by Gasteiger charge is 2.25. The normalized spacial score (nSPS) is 12.9. The Bertz CT molecular complexity index is 586. The van der Waals surface area contributed by atoms with Crippen LogP contribution in [0.5, 0.6) is 0 Å². The lowest BCUT2D eigenvalue weighted by Gasteiger charge is -2.20. The van der Waals surface area contributed by atoms with Crippen LogP contribution in [0, 0.1) is 19.7 Å². The summed E-state index contributed by atoms with van der Waals surface area (Å²) in [6.07, 6.45) is 0. The number of nitrogens with two attached hydrogens (primary N) is 1. The molecule has 0 fully saturated rings. The molecule has 4 nitrogen and oxygen atoms in total. The van der Waals surface area contributed by atoms with Gasteiger partial charge in [-0.1, -0.05) is 24.4 Å². The zero-order valence-electron chi connectivity index (χ0n) is 12.1. The van der Waals surface area contributed by atoms with Crippen molar-refractivity contribution in [2.24, 2.45) is 5.84 Å². The number of hydrogen-bond acceptors (Lipinski definition) is 5. The number of hydrogen-bond donors (Lipinski definition) is 2. The summed E-state index contributed by atoms with van der Waals surface area (Å²) in [4.78, 5) is 0.869. The lowest BCUT2D eigenvalue weighted by Crippen LogP contribution is -2.30. The van der Waals surface area contributed by atoms with Crippen LogP contribution in [0.15, 0.2) is 12.1 Å². The van der Waals surface area contributed by atoms with Crippen LogP contribution in [0.25, 0.3) is 0 Å². The Morgan fingerprint density at radius 3 is 2.55 bits per heavy atom. The van der Waals surface area contributed by atoms with Gasteiger partial charge in [0.15, 0.2) is 0 Å². The van der Waals surface area contributed by atoms with Crippen LogP contribution in [0.3, 0.4) is 0 Å². The van der Waals surface area contributed by atoms with Gasteiger partial charge in [-0.15, -0.1) is 5.10 Å². The average Bonchev–Trinajstić information content (AvgIpc) is 2.82. The molecule has 0 aliphatic rings. The molecule has 1 heterocycles. The van der Waals surface area contributed by atoms with Crippen molar-refractivity contribution in [3.63, 3.8) is 0 Å². The van der Waals surface area contributed by atoms with Gasteiger partial charge in [0.05, 0.1) is 16.6 Å². The predicted molar refractivity (Wildman–Crippen MR) is 79.0 cm³/mol. The Kier molecular flexibility index (Phi) is 4.47. The molecule has 0 saturated carbocycles. The fraction of sp³-hybridized carbons (Fsp3) is 0.429. The lowest BCUT2D eigenvalue weighted by atomic mass is 9.95. The van der Waals surface area contributed by atoms with Crippen molar-refractivity contribution in [2.45, 2.75) is 39.7 Å². The van der Waals surface area contributed by atoms with Crippen molar-refractivity contribution >= 4 is 11.5 Å². The second kappa shape index (κ2) is 5.95. The molecule has 0 aliphatic carbocycles. The van der Waals surface area contributed by atoms with Gasteiger partial charge in [-0.05, 0) is 48.5 Å². The second-order valence-electron chi connectivity index (χ2n) is 5.25. The molecule has 0 spiro atoms. The smallest absolute Gasteiger partial charge is 0.128 e. The molecular weight excluding hydrogens is 275 g/mol. The van der Waals surface area contributed by atoms with Crippen molar-refractivity contribution in [1.82, 2.24) is 15.0 Å². The third-order valence-corrected chi connectivity index (χ3v) is 4.09. The van der Waals surface area contributed by atoms with Crippen LogP contribution in [0.2, 0.25) is 0 Å². The molecule has 20 heavy (non-hydrogen) atoms. The van der Waals surface area contributed by atoms with E-state index in [4.69, 9.17) is 5.84 Å². The molecular formula is C14H19FN4S. The number of rotatable bonds is 4. The van der Waals surface area contributed by atoms with Crippen LogP contribution in [-0.4, -0.2) is 9.59 Å². The zero-order valence-corrected chi connectivity index (χ0v) is 12.9. The van der Waals surface area contributed by atoms with Gasteiger partial charge in [0.25, 0.3) is 0 Å². The standard InChI is InChI=1S/C14H19FN4S/c1-7(2)12-14(20-19-18-12)13(17-16)11-9(4)5-8(3)6-10(11)15/h5-7,13,17H,16H2,1-4H3. The Balaban J connectivity index is 2.56. The molecule has 1 unspecified atom stereocenters. The molecule has 0 bridgehead atoms. The first-order chi connectivity index (χ1) is 9.45. The largest absolute Gasteiger partial charge is 0.271 e. The minimum absolute atomic E-state index is 0.216. The topological polar surface area (TPSA) is 63.8 Å². The lowest BCUT2D eigenvalue weighted by molar-refractivity contribution is 0.556. The molecule has 2 rings (SSSR count). The highest BCUT2D eigenvalue weighted by atomic mass is 32.1. The molecule has 3 N–H and O–H groups in total. The van der Waals surface area contributed by atoms with Crippen molar-refractivity contribution in [2.75, 3.05) is 0 Å². The van der Waals surface area contributed by atoms with Crippen LogP contribution in [-0.2, 0) is 0 Å². The minimum Gasteiger partial charge on any atom is -0.271 e.